The summed E-state index contributed by atoms with van der Waals surface area (Å²) in [6.45, 7) is 4.57. The van der Waals surface area contributed by atoms with E-state index in [4.69, 9.17) is 9.47 Å². The molecule has 4 nitrogen and oxygen atoms in total. The molecule has 0 spiro atoms. The number of piperidine rings is 1. The van der Waals surface area contributed by atoms with E-state index in [9.17, 15) is 9.18 Å². The smallest absolute Gasteiger partial charge is 0.246 e. The number of ether oxygens (including phenoxy) is 2. The first kappa shape index (κ1) is 16.1. The van der Waals surface area contributed by atoms with Crippen LogP contribution in [-0.2, 0) is 14.3 Å². The number of nitrogens with zero attached hydrogens (tertiary/aromatic N) is 1. The molecule has 2 heterocycles. The van der Waals surface area contributed by atoms with E-state index in [2.05, 4.69) is 0 Å². The third-order valence-electron chi connectivity index (χ3n) is 4.44. The molecule has 5 heteroatoms. The number of carbonyl (C=O) groups is 1. The van der Waals surface area contributed by atoms with Crippen molar-refractivity contribution in [2.75, 3.05) is 26.3 Å². The number of amides is 1. The van der Waals surface area contributed by atoms with E-state index in [0.29, 0.717) is 19.8 Å². The van der Waals surface area contributed by atoms with E-state index < -0.39 is 0 Å². The second-order valence-electron chi connectivity index (χ2n) is 6.13. The molecule has 23 heavy (non-hydrogen) atoms. The summed E-state index contributed by atoms with van der Waals surface area (Å²) in [4.78, 5) is 14.4. The lowest BCUT2D eigenvalue weighted by Gasteiger charge is -2.34. The number of carbonyl (C=O) groups excluding carboxylic acids is 1. The zero-order chi connectivity index (χ0) is 16.2. The van der Waals surface area contributed by atoms with Crippen LogP contribution in [0.2, 0.25) is 0 Å². The van der Waals surface area contributed by atoms with Gasteiger partial charge in [0.2, 0.25) is 5.91 Å². The SMILES string of the molecule is C/C(=C/C(=O)N1CCCC(C2OCCO2)C1)c1ccc(F)cc1. The summed E-state index contributed by atoms with van der Waals surface area (Å²) >= 11 is 0. The highest BCUT2D eigenvalue weighted by molar-refractivity contribution is 5.94. The van der Waals surface area contributed by atoms with Crippen molar-refractivity contribution in [1.29, 1.82) is 0 Å². The van der Waals surface area contributed by atoms with Crippen LogP contribution in [0.15, 0.2) is 30.3 Å². The fourth-order valence-corrected chi connectivity index (χ4v) is 3.15. The first-order valence-electron chi connectivity index (χ1n) is 8.10. The molecule has 0 aliphatic carbocycles. The second-order valence-corrected chi connectivity index (χ2v) is 6.13. The Morgan fingerprint density at radius 2 is 1.96 bits per heavy atom. The van der Waals surface area contributed by atoms with Gasteiger partial charge in [-0.3, -0.25) is 4.79 Å². The molecule has 1 atom stereocenters. The minimum atomic E-state index is -0.275. The Hall–Kier alpha value is -1.72. The summed E-state index contributed by atoms with van der Waals surface area (Å²) in [5, 5.41) is 0. The van der Waals surface area contributed by atoms with Gasteiger partial charge in [0.15, 0.2) is 6.29 Å². The van der Waals surface area contributed by atoms with Crippen molar-refractivity contribution >= 4 is 11.5 Å². The van der Waals surface area contributed by atoms with Crippen LogP contribution in [0.25, 0.3) is 5.57 Å². The molecule has 2 fully saturated rings. The Morgan fingerprint density at radius 1 is 1.26 bits per heavy atom. The second kappa shape index (κ2) is 7.23. The van der Waals surface area contributed by atoms with E-state index in [1.807, 2.05) is 11.8 Å². The van der Waals surface area contributed by atoms with Crippen LogP contribution in [-0.4, -0.2) is 43.4 Å². The zero-order valence-corrected chi connectivity index (χ0v) is 13.3. The molecule has 1 aromatic carbocycles. The first-order chi connectivity index (χ1) is 11.1. The van der Waals surface area contributed by atoms with E-state index >= 15 is 0 Å². The van der Waals surface area contributed by atoms with Crippen molar-refractivity contribution in [3.8, 4) is 0 Å². The minimum Gasteiger partial charge on any atom is -0.350 e. The van der Waals surface area contributed by atoms with Gasteiger partial charge in [0, 0.05) is 25.1 Å². The molecule has 0 saturated carbocycles. The van der Waals surface area contributed by atoms with E-state index in [-0.39, 0.29) is 23.9 Å². The molecular formula is C18H22FNO3. The van der Waals surface area contributed by atoms with E-state index in [1.165, 1.54) is 12.1 Å². The van der Waals surface area contributed by atoms with Gasteiger partial charge in [0.05, 0.1) is 13.2 Å². The third-order valence-corrected chi connectivity index (χ3v) is 4.44. The molecule has 1 amide bonds. The van der Waals surface area contributed by atoms with Gasteiger partial charge >= 0.3 is 0 Å². The van der Waals surface area contributed by atoms with Gasteiger partial charge in [-0.05, 0) is 43.0 Å². The summed E-state index contributed by atoms with van der Waals surface area (Å²) in [6.07, 6.45) is 3.44. The Bertz CT molecular complexity index is 578. The highest BCUT2D eigenvalue weighted by atomic mass is 19.1. The van der Waals surface area contributed by atoms with Crippen LogP contribution in [0.4, 0.5) is 4.39 Å². The Labute approximate surface area is 135 Å². The largest absolute Gasteiger partial charge is 0.350 e. The Morgan fingerprint density at radius 3 is 2.65 bits per heavy atom. The van der Waals surface area contributed by atoms with Crippen LogP contribution >= 0.6 is 0 Å². The molecule has 0 aromatic heterocycles. The molecule has 1 aromatic rings. The molecule has 0 radical (unpaired) electrons. The van der Waals surface area contributed by atoms with Gasteiger partial charge in [-0.15, -0.1) is 0 Å². The first-order valence-corrected chi connectivity index (χ1v) is 8.10. The lowest BCUT2D eigenvalue weighted by molar-refractivity contribution is -0.134. The fraction of sp³-hybridized carbons (Fsp3) is 0.500. The number of hydrogen-bond acceptors (Lipinski definition) is 3. The molecular weight excluding hydrogens is 297 g/mol. The van der Waals surface area contributed by atoms with Crippen molar-refractivity contribution in [2.24, 2.45) is 5.92 Å². The average Bonchev–Trinajstić information content (AvgIpc) is 3.10. The molecule has 0 bridgehead atoms. The number of allylic oxidation sites excluding steroid dienone is 1. The van der Waals surface area contributed by atoms with Crippen molar-refractivity contribution in [2.45, 2.75) is 26.1 Å². The van der Waals surface area contributed by atoms with Crippen LogP contribution in [0.3, 0.4) is 0 Å². The van der Waals surface area contributed by atoms with Gasteiger partial charge < -0.3 is 14.4 Å². The maximum atomic E-state index is 13.0. The normalized spacial score (nSPS) is 23.3. The molecule has 2 saturated heterocycles. The summed E-state index contributed by atoms with van der Waals surface area (Å²) in [6, 6.07) is 6.19. The third kappa shape index (κ3) is 3.98. The standard InChI is InChI=1S/C18H22FNO3/c1-13(14-4-6-16(19)7-5-14)11-17(21)20-8-2-3-15(12-20)18-22-9-10-23-18/h4-7,11,15,18H,2-3,8-10,12H2,1H3/b13-11-. The summed E-state index contributed by atoms with van der Waals surface area (Å²) < 4.78 is 24.1. The molecule has 3 rings (SSSR count). The number of hydrogen-bond donors (Lipinski definition) is 0. The number of benzene rings is 1. The highest BCUT2D eigenvalue weighted by Gasteiger charge is 2.32. The van der Waals surface area contributed by atoms with Gasteiger partial charge in [-0.25, -0.2) is 4.39 Å². The molecule has 2 aliphatic heterocycles. The summed E-state index contributed by atoms with van der Waals surface area (Å²) in [5.41, 5.74) is 1.70. The van der Waals surface area contributed by atoms with Crippen molar-refractivity contribution in [3.63, 3.8) is 0 Å². The summed E-state index contributed by atoms with van der Waals surface area (Å²) in [5.74, 6) is -0.0347. The Kier molecular flexibility index (Phi) is 5.08. The molecule has 2 aliphatic rings. The fourth-order valence-electron chi connectivity index (χ4n) is 3.15. The molecule has 1 unspecified atom stereocenters. The molecule has 124 valence electrons. The van der Waals surface area contributed by atoms with Gasteiger partial charge in [-0.2, -0.15) is 0 Å². The van der Waals surface area contributed by atoms with Crippen molar-refractivity contribution in [3.05, 3.63) is 41.7 Å². The number of likely N-dealkylation sites (tertiary alicyclic amines) is 1. The maximum Gasteiger partial charge on any atom is 0.246 e. The molecule has 0 N–H and O–H groups in total. The van der Waals surface area contributed by atoms with Crippen LogP contribution in [0.1, 0.15) is 25.3 Å². The van der Waals surface area contributed by atoms with Crippen molar-refractivity contribution < 1.29 is 18.7 Å². The topological polar surface area (TPSA) is 38.8 Å². The van der Waals surface area contributed by atoms with E-state index in [1.54, 1.807) is 18.2 Å². The monoisotopic (exact) mass is 319 g/mol. The predicted molar refractivity (Wildman–Crippen MR) is 85.0 cm³/mol. The van der Waals surface area contributed by atoms with Gasteiger partial charge in [0.25, 0.3) is 0 Å². The highest BCUT2D eigenvalue weighted by Crippen LogP contribution is 2.25. The van der Waals surface area contributed by atoms with E-state index in [0.717, 1.165) is 30.5 Å². The average molecular weight is 319 g/mol. The quantitative estimate of drug-likeness (QED) is 0.804. The van der Waals surface area contributed by atoms with Gasteiger partial charge in [-0.1, -0.05) is 12.1 Å². The number of halogens is 1. The lowest BCUT2D eigenvalue weighted by atomic mass is 9.97. The zero-order valence-electron chi connectivity index (χ0n) is 13.3. The minimum absolute atomic E-state index is 0.00507. The Balaban J connectivity index is 1.64. The van der Waals surface area contributed by atoms with Crippen LogP contribution in [0, 0.1) is 11.7 Å². The number of rotatable bonds is 3. The predicted octanol–water partition coefficient (Wildman–Crippen LogP) is 2.84. The van der Waals surface area contributed by atoms with Crippen LogP contribution in [0.5, 0.6) is 0 Å². The van der Waals surface area contributed by atoms with Crippen molar-refractivity contribution in [1.82, 2.24) is 4.90 Å². The lowest BCUT2D eigenvalue weighted by Crippen LogP contribution is -2.43. The van der Waals surface area contributed by atoms with Gasteiger partial charge in [0.1, 0.15) is 5.82 Å². The summed E-state index contributed by atoms with van der Waals surface area (Å²) in [7, 11) is 0. The van der Waals surface area contributed by atoms with Crippen LogP contribution < -0.4 is 0 Å². The maximum absolute atomic E-state index is 13.0.